The molecule has 21 heavy (non-hydrogen) atoms. The molecule has 1 amide bonds. The van der Waals surface area contributed by atoms with Gasteiger partial charge in [0.15, 0.2) is 5.16 Å². The predicted molar refractivity (Wildman–Crippen MR) is 78.1 cm³/mol. The molecule has 7 nitrogen and oxygen atoms in total. The lowest BCUT2D eigenvalue weighted by Gasteiger charge is -2.15. The van der Waals surface area contributed by atoms with E-state index >= 15 is 0 Å². The first kappa shape index (κ1) is 15.8. The molecular weight excluding hydrogens is 292 g/mol. The summed E-state index contributed by atoms with van der Waals surface area (Å²) in [7, 11) is 0. The number of hydrogen-bond acceptors (Lipinski definition) is 5. The molecule has 1 aromatic rings. The number of carboxylic acids is 1. The van der Waals surface area contributed by atoms with Crippen LogP contribution >= 0.6 is 11.8 Å². The molecule has 1 unspecified atom stereocenters. The zero-order valence-corrected chi connectivity index (χ0v) is 12.8. The van der Waals surface area contributed by atoms with Gasteiger partial charge in [-0.2, -0.15) is 0 Å². The molecule has 1 aromatic heterocycles. The summed E-state index contributed by atoms with van der Waals surface area (Å²) in [6.45, 7) is 1.97. The van der Waals surface area contributed by atoms with Crippen molar-refractivity contribution in [3.8, 4) is 0 Å². The monoisotopic (exact) mass is 312 g/mol. The Hall–Kier alpha value is -1.57. The number of nitrogens with one attached hydrogen (secondary N) is 1. The molecule has 0 saturated heterocycles. The van der Waals surface area contributed by atoms with E-state index in [1.807, 2.05) is 11.5 Å². The second-order valence-electron chi connectivity index (χ2n) is 5.19. The van der Waals surface area contributed by atoms with Gasteiger partial charge in [-0.05, 0) is 19.3 Å². The molecule has 116 valence electrons. The van der Waals surface area contributed by atoms with Gasteiger partial charge in [0.05, 0.1) is 12.2 Å². The third kappa shape index (κ3) is 5.04. The van der Waals surface area contributed by atoms with Crippen molar-refractivity contribution in [2.45, 2.75) is 56.3 Å². The van der Waals surface area contributed by atoms with Gasteiger partial charge in [0.25, 0.3) is 0 Å². The van der Waals surface area contributed by atoms with Crippen molar-refractivity contribution in [1.82, 2.24) is 20.1 Å². The maximum atomic E-state index is 11.9. The van der Waals surface area contributed by atoms with E-state index in [0.29, 0.717) is 12.5 Å². The first-order chi connectivity index (χ1) is 10.1. The van der Waals surface area contributed by atoms with Crippen LogP contribution in [0.4, 0.5) is 0 Å². The highest BCUT2D eigenvalue weighted by molar-refractivity contribution is 7.99. The van der Waals surface area contributed by atoms with Crippen molar-refractivity contribution < 1.29 is 14.7 Å². The van der Waals surface area contributed by atoms with Gasteiger partial charge in [0, 0.05) is 12.1 Å². The number of carbonyl (C=O) groups is 2. The molecule has 1 atom stereocenters. The normalized spacial score (nSPS) is 15.7. The van der Waals surface area contributed by atoms with E-state index in [2.05, 4.69) is 15.5 Å². The van der Waals surface area contributed by atoms with Crippen LogP contribution in [0.5, 0.6) is 0 Å². The van der Waals surface area contributed by atoms with E-state index in [1.165, 1.54) is 11.8 Å². The Morgan fingerprint density at radius 3 is 2.95 bits per heavy atom. The Balaban J connectivity index is 1.80. The van der Waals surface area contributed by atoms with Gasteiger partial charge in [0.2, 0.25) is 5.91 Å². The maximum Gasteiger partial charge on any atom is 0.305 e. The fourth-order valence-electron chi connectivity index (χ4n) is 2.12. The van der Waals surface area contributed by atoms with Gasteiger partial charge in [-0.1, -0.05) is 25.1 Å². The second kappa shape index (κ2) is 7.44. The Labute approximate surface area is 127 Å². The molecule has 1 heterocycles. The minimum Gasteiger partial charge on any atom is -0.481 e. The Morgan fingerprint density at radius 1 is 1.57 bits per heavy atom. The molecule has 1 fully saturated rings. The van der Waals surface area contributed by atoms with Crippen molar-refractivity contribution in [2.75, 3.05) is 5.75 Å². The summed E-state index contributed by atoms with van der Waals surface area (Å²) in [4.78, 5) is 22.7. The largest absolute Gasteiger partial charge is 0.481 e. The lowest BCUT2D eigenvalue weighted by atomic mass is 10.1. The van der Waals surface area contributed by atoms with E-state index in [4.69, 9.17) is 5.11 Å². The molecule has 0 bridgehead atoms. The summed E-state index contributed by atoms with van der Waals surface area (Å²) in [5.74, 6) is -0.828. The van der Waals surface area contributed by atoms with Crippen LogP contribution in [0.15, 0.2) is 11.5 Å². The van der Waals surface area contributed by atoms with Crippen LogP contribution < -0.4 is 5.32 Å². The number of hydrogen-bond donors (Lipinski definition) is 2. The van der Waals surface area contributed by atoms with Crippen LogP contribution in [0, 0.1) is 0 Å². The summed E-state index contributed by atoms with van der Waals surface area (Å²) in [5, 5.41) is 20.2. The van der Waals surface area contributed by atoms with E-state index in [0.717, 1.165) is 24.4 Å². The molecule has 2 N–H and O–H groups in total. The second-order valence-corrected chi connectivity index (χ2v) is 6.13. The SMILES string of the molecule is CCCC(CC(=O)O)NC(=O)CSc1nncn1C1CC1. The fourth-order valence-corrected chi connectivity index (χ4v) is 2.92. The van der Waals surface area contributed by atoms with Gasteiger partial charge in [-0.15, -0.1) is 10.2 Å². The van der Waals surface area contributed by atoms with Gasteiger partial charge in [-0.3, -0.25) is 9.59 Å². The molecule has 1 saturated carbocycles. The highest BCUT2D eigenvalue weighted by Crippen LogP contribution is 2.37. The molecule has 0 radical (unpaired) electrons. The molecule has 0 spiro atoms. The van der Waals surface area contributed by atoms with Crippen LogP contribution in [0.2, 0.25) is 0 Å². The highest BCUT2D eigenvalue weighted by atomic mass is 32.2. The lowest BCUT2D eigenvalue weighted by molar-refractivity contribution is -0.137. The summed E-state index contributed by atoms with van der Waals surface area (Å²) in [6, 6.07) is 0.173. The van der Waals surface area contributed by atoms with Crippen LogP contribution in [0.3, 0.4) is 0 Å². The molecule has 2 rings (SSSR count). The van der Waals surface area contributed by atoms with Crippen LogP contribution in [-0.4, -0.2) is 43.5 Å². The summed E-state index contributed by atoms with van der Waals surface area (Å²) in [5.41, 5.74) is 0. The quantitative estimate of drug-likeness (QED) is 0.670. The number of amides is 1. The topological polar surface area (TPSA) is 97.1 Å². The first-order valence-corrected chi connectivity index (χ1v) is 8.12. The molecular formula is C13H20N4O3S. The molecule has 8 heteroatoms. The summed E-state index contributed by atoms with van der Waals surface area (Å²) < 4.78 is 2.00. The van der Waals surface area contributed by atoms with Crippen molar-refractivity contribution in [3.63, 3.8) is 0 Å². The number of aromatic nitrogens is 3. The number of carboxylic acid groups (broad SMARTS) is 1. The fraction of sp³-hybridized carbons (Fsp3) is 0.692. The van der Waals surface area contributed by atoms with E-state index in [-0.39, 0.29) is 24.1 Å². The standard InChI is InChI=1S/C13H20N4O3S/c1-2-3-9(6-12(19)20)15-11(18)7-21-13-16-14-8-17(13)10-4-5-10/h8-10H,2-7H2,1H3,(H,15,18)(H,19,20). The van der Waals surface area contributed by atoms with Crippen molar-refractivity contribution in [1.29, 1.82) is 0 Å². The Morgan fingerprint density at radius 2 is 2.33 bits per heavy atom. The zero-order valence-electron chi connectivity index (χ0n) is 12.0. The van der Waals surface area contributed by atoms with Gasteiger partial charge >= 0.3 is 5.97 Å². The number of rotatable bonds is 9. The average Bonchev–Trinajstić information content (AvgIpc) is 3.15. The smallest absolute Gasteiger partial charge is 0.305 e. The van der Waals surface area contributed by atoms with E-state index < -0.39 is 5.97 Å². The van der Waals surface area contributed by atoms with Crippen molar-refractivity contribution in [3.05, 3.63) is 6.33 Å². The molecule has 0 aromatic carbocycles. The molecule has 0 aliphatic heterocycles. The Bertz CT molecular complexity index is 501. The number of nitrogens with zero attached hydrogens (tertiary/aromatic N) is 3. The van der Waals surface area contributed by atoms with Crippen LogP contribution in [0.1, 0.15) is 45.1 Å². The van der Waals surface area contributed by atoms with E-state index in [9.17, 15) is 9.59 Å². The number of thioether (sulfide) groups is 1. The predicted octanol–water partition coefficient (Wildman–Crippen LogP) is 1.46. The van der Waals surface area contributed by atoms with E-state index in [1.54, 1.807) is 6.33 Å². The first-order valence-electron chi connectivity index (χ1n) is 7.13. The number of aliphatic carboxylic acids is 1. The van der Waals surface area contributed by atoms with Gasteiger partial charge in [-0.25, -0.2) is 0 Å². The van der Waals surface area contributed by atoms with Crippen LogP contribution in [0.25, 0.3) is 0 Å². The number of carbonyl (C=O) groups excluding carboxylic acids is 1. The molecule has 1 aliphatic rings. The maximum absolute atomic E-state index is 11.9. The van der Waals surface area contributed by atoms with Crippen molar-refractivity contribution in [2.24, 2.45) is 0 Å². The van der Waals surface area contributed by atoms with Gasteiger partial charge in [0.1, 0.15) is 6.33 Å². The summed E-state index contributed by atoms with van der Waals surface area (Å²) in [6.07, 6.45) is 5.43. The highest BCUT2D eigenvalue weighted by Gasteiger charge is 2.26. The minimum atomic E-state index is -0.894. The Kier molecular flexibility index (Phi) is 5.60. The summed E-state index contributed by atoms with van der Waals surface area (Å²) >= 11 is 1.34. The third-order valence-electron chi connectivity index (χ3n) is 3.24. The van der Waals surface area contributed by atoms with Crippen molar-refractivity contribution >= 4 is 23.6 Å². The lowest BCUT2D eigenvalue weighted by Crippen LogP contribution is -2.37. The zero-order chi connectivity index (χ0) is 15.2. The third-order valence-corrected chi connectivity index (χ3v) is 4.19. The minimum absolute atomic E-state index is 0.0392. The average molecular weight is 312 g/mol. The molecule has 1 aliphatic carbocycles. The van der Waals surface area contributed by atoms with Gasteiger partial charge < -0.3 is 15.0 Å². The van der Waals surface area contributed by atoms with Crippen LogP contribution in [-0.2, 0) is 9.59 Å².